The molecule has 0 bridgehead atoms. The highest BCUT2D eigenvalue weighted by molar-refractivity contribution is 7.17. The lowest BCUT2D eigenvalue weighted by Crippen LogP contribution is -2.01. The molecule has 0 N–H and O–H groups in total. The molecule has 68 heavy (non-hydrogen) atoms. The van der Waals surface area contributed by atoms with Gasteiger partial charge in [-0.1, -0.05) is 152 Å². The smallest absolute Gasteiger partial charge is 0.164 e. The zero-order valence-corrected chi connectivity index (χ0v) is 37.6. The molecule has 0 aliphatic rings. The third-order valence-electron chi connectivity index (χ3n) is 13.1. The molecule has 13 rings (SSSR count). The largest absolute Gasteiger partial charge is 0.317 e. The van der Waals surface area contributed by atoms with Crippen LogP contribution in [0.2, 0.25) is 0 Å². The number of fused-ring (bicyclic) bond motifs is 4. The second kappa shape index (κ2) is 16.6. The first-order chi connectivity index (χ1) is 33.6. The summed E-state index contributed by atoms with van der Waals surface area (Å²) >= 11 is 1.79. The lowest BCUT2D eigenvalue weighted by Gasteiger charge is -2.14. The van der Waals surface area contributed by atoms with Crippen LogP contribution in [0.4, 0.5) is 0 Å². The van der Waals surface area contributed by atoms with Crippen LogP contribution in [-0.2, 0) is 0 Å². The fourth-order valence-electron chi connectivity index (χ4n) is 9.58. The first-order valence-corrected chi connectivity index (χ1v) is 23.8. The van der Waals surface area contributed by atoms with E-state index in [4.69, 9.17) is 15.0 Å². The maximum Gasteiger partial charge on any atom is 0.164 e. The van der Waals surface area contributed by atoms with Gasteiger partial charge in [0.15, 0.2) is 17.5 Å². The fourth-order valence-corrected chi connectivity index (χ4v) is 10.5. The normalized spacial score (nSPS) is 11.5. The van der Waals surface area contributed by atoms with E-state index in [1.165, 1.54) is 43.1 Å². The molecule has 0 radical (unpaired) electrons. The van der Waals surface area contributed by atoms with Crippen LogP contribution in [0.25, 0.3) is 127 Å². The van der Waals surface area contributed by atoms with Crippen LogP contribution < -0.4 is 0 Å². The monoisotopic (exact) mass is 884 g/mol. The zero-order chi connectivity index (χ0) is 45.0. The Morgan fingerprint density at radius 3 is 1.50 bits per heavy atom. The topological polar surface area (TPSA) is 43.6 Å². The van der Waals surface area contributed by atoms with Gasteiger partial charge in [-0.05, 0) is 145 Å². The summed E-state index contributed by atoms with van der Waals surface area (Å²) in [4.78, 5) is 15.9. The van der Waals surface area contributed by atoms with Crippen molar-refractivity contribution < 1.29 is 0 Å². The molecule has 13 aromatic rings. The highest BCUT2D eigenvalue weighted by atomic mass is 32.1. The first kappa shape index (κ1) is 39.6. The Morgan fingerprint density at radius 2 is 0.809 bits per heavy atom. The second-order valence-electron chi connectivity index (χ2n) is 17.3. The van der Waals surface area contributed by atoms with Gasteiger partial charge in [-0.3, -0.25) is 0 Å². The molecule has 4 nitrogen and oxygen atoms in total. The average molecular weight is 885 g/mol. The summed E-state index contributed by atoms with van der Waals surface area (Å²) in [6, 6.07) is 82.4. The summed E-state index contributed by atoms with van der Waals surface area (Å²) in [5.41, 5.74) is 14.3. The zero-order valence-electron chi connectivity index (χ0n) is 36.8. The van der Waals surface area contributed by atoms with Gasteiger partial charge in [0.2, 0.25) is 0 Å². The van der Waals surface area contributed by atoms with Gasteiger partial charge < -0.3 is 4.57 Å². The van der Waals surface area contributed by atoms with E-state index in [1.807, 2.05) is 0 Å². The third-order valence-corrected chi connectivity index (χ3v) is 14.1. The predicted octanol–water partition coefficient (Wildman–Crippen LogP) is 17.0. The lowest BCUT2D eigenvalue weighted by molar-refractivity contribution is 1.08. The molecule has 0 aliphatic heterocycles. The molecule has 0 saturated carbocycles. The van der Waals surface area contributed by atoms with E-state index < -0.39 is 0 Å². The van der Waals surface area contributed by atoms with Crippen molar-refractivity contribution in [3.05, 3.63) is 242 Å². The molecule has 0 unspecified atom stereocenters. The molecular formula is C63H40N4S. The maximum absolute atomic E-state index is 5.33. The van der Waals surface area contributed by atoms with E-state index >= 15 is 0 Å². The SMILES string of the molecule is c1ccc(-c2cccc(-c3csc4ccc(-c5cc(-c6ccc7c(ccn7-c7ccccc7)c6)cc(-c6nc(-c7ccc8ccccc8c7)nc(-c7ccc8ccccc8c7)n6)c5)cc34)c2)cc1. The molecule has 0 fully saturated rings. The Kier molecular flexibility index (Phi) is 9.66. The minimum absolute atomic E-state index is 0.612. The van der Waals surface area contributed by atoms with Crippen molar-refractivity contribution in [1.82, 2.24) is 19.5 Å². The molecule has 3 aromatic heterocycles. The lowest BCUT2D eigenvalue weighted by atomic mass is 9.93. The highest BCUT2D eigenvalue weighted by Crippen LogP contribution is 2.41. The molecule has 0 saturated heterocycles. The van der Waals surface area contributed by atoms with Crippen LogP contribution in [0.15, 0.2) is 242 Å². The van der Waals surface area contributed by atoms with E-state index in [1.54, 1.807) is 11.3 Å². The van der Waals surface area contributed by atoms with Gasteiger partial charge in [-0.25, -0.2) is 15.0 Å². The molecular weight excluding hydrogens is 845 g/mol. The molecule has 0 amide bonds. The molecule has 0 atom stereocenters. The Balaban J connectivity index is 1.000. The first-order valence-electron chi connectivity index (χ1n) is 22.9. The van der Waals surface area contributed by atoms with Crippen LogP contribution in [0.3, 0.4) is 0 Å². The number of para-hydroxylation sites is 1. The van der Waals surface area contributed by atoms with Crippen LogP contribution >= 0.6 is 11.3 Å². The maximum atomic E-state index is 5.33. The van der Waals surface area contributed by atoms with Gasteiger partial charge in [-0.2, -0.15) is 0 Å². The number of hydrogen-bond acceptors (Lipinski definition) is 4. The molecule has 318 valence electrons. The third kappa shape index (κ3) is 7.32. The molecule has 0 spiro atoms. The standard InChI is InChI=1S/C63H40N4S/c1-3-12-41(13-4-1)46-18-11-19-49(32-46)58-40-68-60-29-27-48(39-57(58)60)54-36-53(47-26-28-59-50(33-47)30-31-67(59)56-20-5-2-6-21-56)37-55(38-54)63-65-61(51-24-22-42-14-7-9-16-44(42)34-51)64-62(66-63)52-25-23-43-15-8-10-17-45(43)35-52/h1-40H. The van der Waals surface area contributed by atoms with E-state index in [2.05, 4.69) is 247 Å². The number of aromatic nitrogens is 4. The number of rotatable bonds is 8. The number of nitrogens with zero attached hydrogens (tertiary/aromatic N) is 4. The molecule has 0 aliphatic carbocycles. The van der Waals surface area contributed by atoms with Gasteiger partial charge in [-0.15, -0.1) is 11.3 Å². The van der Waals surface area contributed by atoms with Crippen molar-refractivity contribution in [2.45, 2.75) is 0 Å². The molecule has 3 heterocycles. The van der Waals surface area contributed by atoms with Crippen molar-refractivity contribution in [2.24, 2.45) is 0 Å². The van der Waals surface area contributed by atoms with Crippen molar-refractivity contribution in [3.63, 3.8) is 0 Å². The van der Waals surface area contributed by atoms with Crippen LogP contribution in [0.5, 0.6) is 0 Å². The van der Waals surface area contributed by atoms with E-state index in [0.29, 0.717) is 17.5 Å². The Hall–Kier alpha value is -8.77. The van der Waals surface area contributed by atoms with E-state index in [-0.39, 0.29) is 0 Å². The predicted molar refractivity (Wildman–Crippen MR) is 285 cm³/mol. The summed E-state index contributed by atoms with van der Waals surface area (Å²) < 4.78 is 3.49. The number of hydrogen-bond donors (Lipinski definition) is 0. The van der Waals surface area contributed by atoms with Crippen molar-refractivity contribution in [1.29, 1.82) is 0 Å². The van der Waals surface area contributed by atoms with E-state index in [0.717, 1.165) is 66.3 Å². The van der Waals surface area contributed by atoms with Crippen molar-refractivity contribution in [2.75, 3.05) is 0 Å². The summed E-state index contributed by atoms with van der Waals surface area (Å²) in [6.45, 7) is 0. The summed E-state index contributed by atoms with van der Waals surface area (Å²) in [5, 5.41) is 9.30. The van der Waals surface area contributed by atoms with Crippen LogP contribution in [0.1, 0.15) is 0 Å². The number of benzene rings is 10. The Labute approximate surface area is 397 Å². The van der Waals surface area contributed by atoms with Gasteiger partial charge >= 0.3 is 0 Å². The van der Waals surface area contributed by atoms with Crippen molar-refractivity contribution >= 4 is 53.9 Å². The molecule has 10 aromatic carbocycles. The van der Waals surface area contributed by atoms with Gasteiger partial charge in [0.25, 0.3) is 0 Å². The second-order valence-corrected chi connectivity index (χ2v) is 18.2. The summed E-state index contributed by atoms with van der Waals surface area (Å²) in [5.74, 6) is 1.86. The van der Waals surface area contributed by atoms with Gasteiger partial charge in [0.05, 0.1) is 5.52 Å². The fraction of sp³-hybridized carbons (Fsp3) is 0. The van der Waals surface area contributed by atoms with Gasteiger partial charge in [0.1, 0.15) is 0 Å². The van der Waals surface area contributed by atoms with Gasteiger partial charge in [0, 0.05) is 49.6 Å². The van der Waals surface area contributed by atoms with Crippen LogP contribution in [0, 0.1) is 0 Å². The Bertz CT molecular complexity index is 3940. The molecule has 5 heteroatoms. The van der Waals surface area contributed by atoms with Crippen molar-refractivity contribution in [3.8, 4) is 84.4 Å². The summed E-state index contributed by atoms with van der Waals surface area (Å²) in [7, 11) is 0. The van der Waals surface area contributed by atoms with Crippen LogP contribution in [-0.4, -0.2) is 19.5 Å². The van der Waals surface area contributed by atoms with E-state index in [9.17, 15) is 0 Å². The number of thiophene rings is 1. The average Bonchev–Trinajstić information content (AvgIpc) is 4.05. The minimum atomic E-state index is 0.612. The highest BCUT2D eigenvalue weighted by Gasteiger charge is 2.18. The summed E-state index contributed by atoms with van der Waals surface area (Å²) in [6.07, 6.45) is 2.16. The Morgan fingerprint density at radius 1 is 0.309 bits per heavy atom. The minimum Gasteiger partial charge on any atom is -0.317 e. The quantitative estimate of drug-likeness (QED) is 0.153.